The van der Waals surface area contributed by atoms with Crippen LogP contribution in [-0.4, -0.2) is 26.4 Å². The van der Waals surface area contributed by atoms with Gasteiger partial charge < -0.3 is 0 Å². The van der Waals surface area contributed by atoms with Crippen molar-refractivity contribution in [3.05, 3.63) is 16.1 Å². The van der Waals surface area contributed by atoms with Gasteiger partial charge in [0.15, 0.2) is 0 Å². The van der Waals surface area contributed by atoms with E-state index in [4.69, 9.17) is 0 Å². The van der Waals surface area contributed by atoms with Crippen LogP contribution >= 0.6 is 0 Å². The fourth-order valence-electron chi connectivity index (χ4n) is 0.781. The van der Waals surface area contributed by atoms with Crippen molar-refractivity contribution >= 4 is 26.4 Å². The van der Waals surface area contributed by atoms with Gasteiger partial charge in [0.2, 0.25) is 0 Å². The third-order valence-corrected chi connectivity index (χ3v) is 5.50. The Morgan fingerprint density at radius 2 is 1.40 bits per heavy atom. The number of hydrogen-bond acceptors (Lipinski definition) is 0. The number of allylic oxidation sites excluding steroid dienone is 1. The lowest BCUT2D eigenvalue weighted by Crippen LogP contribution is -2.07. The predicted octanol–water partition coefficient (Wildman–Crippen LogP) is 3.34. The van der Waals surface area contributed by atoms with Crippen molar-refractivity contribution in [2.75, 3.05) is 0 Å². The Bertz CT molecular complexity index is 321. The van der Waals surface area contributed by atoms with Gasteiger partial charge in [0.05, 0.1) is 8.80 Å². The van der Waals surface area contributed by atoms with Crippen LogP contribution in [0.5, 0.6) is 0 Å². The summed E-state index contributed by atoms with van der Waals surface area (Å²) in [6.07, 6.45) is 0. The molecule has 0 aromatic rings. The maximum absolute atomic E-state index is 3.54. The van der Waals surface area contributed by atoms with Crippen LogP contribution in [0.1, 0.15) is 6.92 Å². The second-order valence-electron chi connectivity index (χ2n) is 4.38. The molecule has 0 rings (SSSR count). The Morgan fingerprint density at radius 3 is 1.73 bits per heavy atom. The van der Waals surface area contributed by atoms with E-state index in [9.17, 15) is 0 Å². The monoisotopic (exact) mass is 249 g/mol. The van der Waals surface area contributed by atoms with Crippen LogP contribution in [0.15, 0.2) is 16.1 Å². The summed E-state index contributed by atoms with van der Waals surface area (Å²) in [7, 11) is -1.21. The molecule has 3 heteroatoms. The summed E-state index contributed by atoms with van der Waals surface area (Å²) >= 11 is 0. The highest BCUT2D eigenvalue weighted by Gasteiger charge is 2.03. The molecule has 0 nitrogen and oxygen atoms in total. The number of hydrogen-bond donors (Lipinski definition) is 0. The highest BCUT2D eigenvalue weighted by Crippen LogP contribution is 2.03. The lowest BCUT2D eigenvalue weighted by molar-refractivity contribution is 1.61. The van der Waals surface area contributed by atoms with Gasteiger partial charge in [0.1, 0.15) is 17.6 Å². The summed E-state index contributed by atoms with van der Waals surface area (Å²) in [4.78, 5) is 0. The summed E-state index contributed by atoms with van der Waals surface area (Å²) in [5.74, 6) is 3.35. The predicted molar refractivity (Wildman–Crippen MR) is 76.4 cm³/mol. The molecule has 0 bridgehead atoms. The normalized spacial score (nSPS) is 10.0. The highest BCUT2D eigenvalue weighted by atomic mass is 28.3. The molecule has 0 saturated heterocycles. The summed E-state index contributed by atoms with van der Waals surface area (Å²) in [6.45, 7) is 15.9. The molecule has 0 unspecified atom stereocenters. The van der Waals surface area contributed by atoms with Crippen LogP contribution in [0, 0.1) is 11.5 Å². The smallest absolute Gasteiger partial charge is 0.129 e. The van der Waals surface area contributed by atoms with Crippen molar-refractivity contribution < 1.29 is 0 Å². The Balaban J connectivity index is 5.18. The second kappa shape index (κ2) is 7.08. The molecule has 81 valence electrons. The molecule has 0 aromatic heterocycles. The summed E-state index contributed by atoms with van der Waals surface area (Å²) in [5, 5.41) is 2.71. The zero-order valence-corrected chi connectivity index (χ0v) is 14.0. The van der Waals surface area contributed by atoms with Crippen LogP contribution in [-0.2, 0) is 0 Å². The Hall–Kier alpha value is -0.269. The van der Waals surface area contributed by atoms with Gasteiger partial charge in [-0.2, -0.15) is 0 Å². The SMILES string of the molecule is CC(=C=C(C#C[Si](C)C)[Si](C)C)[Si](C)C. The minimum absolute atomic E-state index is 0.337. The first kappa shape index (κ1) is 14.7. The van der Waals surface area contributed by atoms with Gasteiger partial charge in [0, 0.05) is 5.20 Å². The average Bonchev–Trinajstić information content (AvgIpc) is 2.10. The van der Waals surface area contributed by atoms with Gasteiger partial charge in [-0.1, -0.05) is 45.2 Å². The molecule has 0 aromatic carbocycles. The van der Waals surface area contributed by atoms with E-state index in [0.717, 1.165) is 0 Å². The third-order valence-electron chi connectivity index (χ3n) is 2.00. The molecule has 0 spiro atoms. The first-order valence-corrected chi connectivity index (χ1v) is 12.8. The van der Waals surface area contributed by atoms with Crippen LogP contribution in [0.3, 0.4) is 0 Å². The van der Waals surface area contributed by atoms with Crippen molar-refractivity contribution in [2.24, 2.45) is 0 Å². The zero-order valence-electron chi connectivity index (χ0n) is 11.0. The van der Waals surface area contributed by atoms with E-state index in [2.05, 4.69) is 63.4 Å². The maximum Gasteiger partial charge on any atom is 0.138 e. The number of rotatable bonds is 2. The maximum atomic E-state index is 3.54. The Labute approximate surface area is 100 Å². The topological polar surface area (TPSA) is 0 Å². The van der Waals surface area contributed by atoms with Gasteiger partial charge in [-0.25, -0.2) is 0 Å². The molecule has 3 radical (unpaired) electrons. The molecule has 0 amide bonds. The molecule has 0 fully saturated rings. The van der Waals surface area contributed by atoms with Crippen molar-refractivity contribution in [3.8, 4) is 11.5 Å². The molecular weight excluding hydrogens is 228 g/mol. The lowest BCUT2D eigenvalue weighted by atomic mass is 10.5. The van der Waals surface area contributed by atoms with E-state index in [1.165, 1.54) is 10.4 Å². The molecule has 0 aliphatic rings. The summed E-state index contributed by atoms with van der Waals surface area (Å²) in [6, 6.07) is 0. The van der Waals surface area contributed by atoms with E-state index < -0.39 is 17.6 Å². The largest absolute Gasteiger partial charge is 0.138 e. The van der Waals surface area contributed by atoms with Crippen molar-refractivity contribution in [3.63, 3.8) is 0 Å². The van der Waals surface area contributed by atoms with Gasteiger partial charge in [-0.05, 0) is 12.1 Å². The van der Waals surface area contributed by atoms with Gasteiger partial charge in [0.25, 0.3) is 0 Å². The standard InChI is InChI=1S/C12H21Si3/c1-11(14(4)5)10-12(15(6)7)8-9-13(2)3/h1-7H3. The van der Waals surface area contributed by atoms with Crippen molar-refractivity contribution in [1.82, 2.24) is 0 Å². The van der Waals surface area contributed by atoms with Crippen LogP contribution in [0.2, 0.25) is 39.3 Å². The van der Waals surface area contributed by atoms with E-state index >= 15 is 0 Å². The second-order valence-corrected chi connectivity index (χ2v) is 11.9. The van der Waals surface area contributed by atoms with E-state index in [0.29, 0.717) is 0 Å². The van der Waals surface area contributed by atoms with Gasteiger partial charge in [-0.15, -0.1) is 11.3 Å². The molecule has 0 N–H and O–H groups in total. The molecule has 0 aliphatic heterocycles. The molecule has 15 heavy (non-hydrogen) atoms. The first-order chi connectivity index (χ1) is 6.84. The zero-order chi connectivity index (χ0) is 12.0. The van der Waals surface area contributed by atoms with Crippen LogP contribution < -0.4 is 0 Å². The minimum Gasteiger partial charge on any atom is -0.129 e. The Kier molecular flexibility index (Phi) is 6.95. The van der Waals surface area contributed by atoms with Gasteiger partial charge >= 0.3 is 0 Å². The summed E-state index contributed by atoms with van der Waals surface area (Å²) < 4.78 is 0. The van der Waals surface area contributed by atoms with Crippen molar-refractivity contribution in [1.29, 1.82) is 0 Å². The van der Waals surface area contributed by atoms with Gasteiger partial charge in [-0.3, -0.25) is 0 Å². The quantitative estimate of drug-likeness (QED) is 0.400. The van der Waals surface area contributed by atoms with Crippen molar-refractivity contribution in [2.45, 2.75) is 46.2 Å². The molecular formula is C12H21Si3. The Morgan fingerprint density at radius 1 is 0.867 bits per heavy atom. The van der Waals surface area contributed by atoms with E-state index in [1.807, 2.05) is 0 Å². The third kappa shape index (κ3) is 6.75. The first-order valence-electron chi connectivity index (χ1n) is 5.25. The summed E-state index contributed by atoms with van der Waals surface area (Å²) in [5.41, 5.74) is 6.88. The van der Waals surface area contributed by atoms with Crippen LogP contribution in [0.4, 0.5) is 0 Å². The fourth-order valence-corrected chi connectivity index (χ4v) is 2.53. The molecule has 0 saturated carbocycles. The van der Waals surface area contributed by atoms with E-state index in [-0.39, 0.29) is 8.80 Å². The van der Waals surface area contributed by atoms with Crippen LogP contribution in [0.25, 0.3) is 0 Å². The average molecular weight is 250 g/mol. The molecule has 0 atom stereocenters. The molecule has 0 heterocycles. The minimum atomic E-state index is -0.453. The molecule has 0 aliphatic carbocycles. The lowest BCUT2D eigenvalue weighted by Gasteiger charge is -2.02. The van der Waals surface area contributed by atoms with E-state index in [1.54, 1.807) is 0 Å². The fraction of sp³-hybridized carbons (Fsp3) is 0.583. The highest BCUT2D eigenvalue weighted by molar-refractivity contribution is 6.68.